The maximum Gasteiger partial charge on any atom is 0.472 e. The topological polar surface area (TPSA) is 231 Å². The lowest BCUT2D eigenvalue weighted by molar-refractivity contribution is -0.161. The van der Waals surface area contributed by atoms with Gasteiger partial charge in [0.15, 0.2) is 6.10 Å². The first kappa shape index (κ1) is 116. The van der Waals surface area contributed by atoms with E-state index in [-0.39, 0.29) is 19.3 Å². The van der Waals surface area contributed by atoms with Crippen LogP contribution in [0.3, 0.4) is 0 Å². The molecule has 0 aromatic heterocycles. The third-order valence-electron chi connectivity index (χ3n) is 20.4. The molecule has 0 radical (unpaired) electrons. The Morgan fingerprint density at radius 2 is 0.438 bits per heavy atom. The summed E-state index contributed by atoms with van der Waals surface area (Å²) in [6.45, 7) is 2.46. The Morgan fingerprint density at radius 3 is 0.694 bits per heavy atom. The Balaban J connectivity index is 4.51. The first-order valence-corrected chi connectivity index (χ1v) is 51.4. The van der Waals surface area contributed by atoms with E-state index in [4.69, 9.17) is 32.3 Å². The van der Waals surface area contributed by atoms with E-state index in [1.807, 2.05) is 0 Å². The van der Waals surface area contributed by atoms with Crippen molar-refractivity contribution in [3.63, 3.8) is 0 Å². The molecule has 5 atom stereocenters. The zero-order chi connectivity index (χ0) is 87.9. The maximum absolute atomic E-state index is 13.1. The van der Waals surface area contributed by atoms with Gasteiger partial charge in [0.2, 0.25) is 0 Å². The van der Waals surface area contributed by atoms with Crippen LogP contribution in [0.2, 0.25) is 0 Å². The van der Waals surface area contributed by atoms with Crippen molar-refractivity contribution >= 4 is 33.6 Å². The molecule has 4 N–H and O–H groups in total. The number of allylic oxidation sites excluding steroid dienone is 28. The molecule has 5 unspecified atom stereocenters. The summed E-state index contributed by atoms with van der Waals surface area (Å²) in [5.41, 5.74) is 0. The van der Waals surface area contributed by atoms with Crippen molar-refractivity contribution in [3.8, 4) is 0 Å². The summed E-state index contributed by atoms with van der Waals surface area (Å²) < 4.78 is 61.5. The molecule has 0 saturated carbocycles. The van der Waals surface area contributed by atoms with Crippen molar-refractivity contribution < 1.29 is 75.8 Å². The number of carbonyl (C=O) groups excluding carboxylic acids is 3. The Bertz CT molecular complexity index is 2880. The number of rotatable bonds is 91. The van der Waals surface area contributed by atoms with E-state index in [1.54, 1.807) is 0 Å². The predicted molar refractivity (Wildman–Crippen MR) is 509 cm³/mol. The van der Waals surface area contributed by atoms with Crippen LogP contribution >= 0.6 is 15.6 Å². The number of ether oxygens (including phenoxy) is 3. The van der Waals surface area contributed by atoms with E-state index in [2.05, 4.69) is 191 Å². The van der Waals surface area contributed by atoms with Crippen LogP contribution in [0.5, 0.6) is 0 Å². The average molecular weight is 1730 g/mol. The molecule has 121 heavy (non-hydrogen) atoms. The van der Waals surface area contributed by atoms with Crippen molar-refractivity contribution in [2.24, 2.45) is 0 Å². The predicted octanol–water partition coefficient (Wildman–Crippen LogP) is 30.2. The highest BCUT2D eigenvalue weighted by Gasteiger charge is 2.30. The van der Waals surface area contributed by atoms with Gasteiger partial charge in [-0.2, -0.15) is 0 Å². The van der Waals surface area contributed by atoms with Crippen LogP contribution in [-0.4, -0.2) is 95.9 Å². The molecule has 0 heterocycles. The molecule has 694 valence electrons. The van der Waals surface area contributed by atoms with Crippen molar-refractivity contribution in [3.05, 3.63) is 170 Å². The number of aliphatic hydroxyl groups is 2. The molecule has 0 aliphatic heterocycles. The van der Waals surface area contributed by atoms with E-state index in [9.17, 15) is 43.5 Å². The highest BCUT2D eigenvalue weighted by molar-refractivity contribution is 7.47. The lowest BCUT2D eigenvalue weighted by Gasteiger charge is -2.21. The Hall–Kier alpha value is -5.09. The molecule has 0 aliphatic rings. The number of phosphoric acid groups is 2. The second-order valence-corrected chi connectivity index (χ2v) is 35.0. The highest BCUT2D eigenvalue weighted by Crippen LogP contribution is 2.45. The van der Waals surface area contributed by atoms with E-state index in [0.717, 1.165) is 161 Å². The number of unbranched alkanes of at least 4 members (excludes halogenated alkanes) is 40. The van der Waals surface area contributed by atoms with Gasteiger partial charge in [0.05, 0.1) is 26.4 Å². The standard InChI is InChI=1S/C103H176O16P2/c1-4-7-10-13-16-19-22-25-28-31-34-36-38-40-42-44-46-47-48-49-51-53-54-56-58-60-63-65-68-71-74-77-80-83-86-89-101(106)113-92-98(104)93-115-120(109,110)116-94-99(105)95-117-121(111,112)118-97-100(119-103(108)91-88-85-82-79-76-73-70-67-62-33-30-27-24-21-18-15-12-9-6-3)96-114-102(107)90-87-84-81-78-75-72-69-66-64-61-59-57-55-52-50-45-43-41-39-37-35-32-29-26-23-20-17-14-11-8-5-2/h7,9-10,12,16-21,25-30,34-37,40-43,46-47,62,67,98-100,104-105H,4-6,8,11,13-15,22-24,31-33,38-39,44-45,48-61,63-66,68-97H2,1-3H3,(H,109,110)(H,111,112)/b10-7-,12-9-,19-16-,20-17-,21-18-,28-25-,29-26-,30-27-,36-34-,37-35-,42-40-,43-41-,47-46-,67-62-. The fourth-order valence-electron chi connectivity index (χ4n) is 13.1. The number of hydrogen-bond acceptors (Lipinski definition) is 14. The van der Waals surface area contributed by atoms with E-state index >= 15 is 0 Å². The lowest BCUT2D eigenvalue weighted by Crippen LogP contribution is -2.30. The van der Waals surface area contributed by atoms with Crippen LogP contribution < -0.4 is 0 Å². The summed E-state index contributed by atoms with van der Waals surface area (Å²) in [6.07, 6.45) is 123. The zero-order valence-electron chi connectivity index (χ0n) is 76.6. The zero-order valence-corrected chi connectivity index (χ0v) is 78.4. The number of carbonyl (C=O) groups is 3. The van der Waals surface area contributed by atoms with Crippen molar-refractivity contribution in [2.75, 3.05) is 39.6 Å². The molecular formula is C103H176O16P2. The minimum absolute atomic E-state index is 0.0859. The van der Waals surface area contributed by atoms with Gasteiger partial charge in [-0.05, 0) is 154 Å². The first-order valence-electron chi connectivity index (χ1n) is 48.4. The molecule has 0 aliphatic carbocycles. The molecule has 18 heteroatoms. The smallest absolute Gasteiger partial charge is 0.463 e. The van der Waals surface area contributed by atoms with Crippen molar-refractivity contribution in [1.82, 2.24) is 0 Å². The Labute approximate surface area is 739 Å². The van der Waals surface area contributed by atoms with Gasteiger partial charge >= 0.3 is 33.6 Å². The van der Waals surface area contributed by atoms with Crippen LogP contribution in [0.1, 0.15) is 406 Å². The molecule has 0 saturated heterocycles. The first-order chi connectivity index (χ1) is 59.2. The van der Waals surface area contributed by atoms with Gasteiger partial charge in [-0.3, -0.25) is 32.5 Å². The van der Waals surface area contributed by atoms with Gasteiger partial charge in [-0.15, -0.1) is 0 Å². The summed E-state index contributed by atoms with van der Waals surface area (Å²) in [6, 6.07) is 0. The number of aliphatic hydroxyl groups excluding tert-OH is 2. The molecule has 0 bridgehead atoms. The van der Waals surface area contributed by atoms with Crippen molar-refractivity contribution in [1.29, 1.82) is 0 Å². The quantitative estimate of drug-likeness (QED) is 0.0146. The minimum atomic E-state index is -4.95. The molecule has 0 amide bonds. The third kappa shape index (κ3) is 95.4. The lowest BCUT2D eigenvalue weighted by atomic mass is 10.0. The SMILES string of the molecule is CC/C=C\C/C=C\C/C=C\C/C=C\C/C=C\C/C=C\CCCCCCCCCCCCCCCCCCC(=O)OCC(O)COP(=O)(O)OCC(O)COP(=O)(O)OCC(COC(=O)CCCCCCCCCCCCCCCCC/C=C\C/C=C\C/C=C\C/C=C\CCCCC)OC(=O)CCCCCCCC/C=C\C/C=C\C/C=C\C/C=C\CC. The monoisotopic (exact) mass is 1730 g/mol. The summed E-state index contributed by atoms with van der Waals surface area (Å²) in [5, 5.41) is 20.8. The van der Waals surface area contributed by atoms with Crippen LogP contribution in [0.15, 0.2) is 170 Å². The van der Waals surface area contributed by atoms with Gasteiger partial charge in [0, 0.05) is 19.3 Å². The molecule has 16 nitrogen and oxygen atoms in total. The summed E-state index contributed by atoms with van der Waals surface area (Å²) in [5.74, 6) is -1.58. The van der Waals surface area contributed by atoms with E-state index in [0.29, 0.717) is 19.3 Å². The van der Waals surface area contributed by atoms with Crippen LogP contribution in [0.25, 0.3) is 0 Å². The molecule has 0 fully saturated rings. The van der Waals surface area contributed by atoms with E-state index < -0.39 is 91.5 Å². The highest BCUT2D eigenvalue weighted by atomic mass is 31.2. The Morgan fingerprint density at radius 1 is 0.240 bits per heavy atom. The van der Waals surface area contributed by atoms with Gasteiger partial charge in [-0.1, -0.05) is 403 Å². The second kappa shape index (κ2) is 94.1. The summed E-state index contributed by atoms with van der Waals surface area (Å²) >= 11 is 0. The van der Waals surface area contributed by atoms with Crippen LogP contribution in [0, 0.1) is 0 Å². The summed E-state index contributed by atoms with van der Waals surface area (Å²) in [7, 11) is -9.82. The molecule has 0 spiro atoms. The number of phosphoric ester groups is 2. The average Bonchev–Trinajstić information content (AvgIpc) is 0.895. The van der Waals surface area contributed by atoms with Crippen LogP contribution in [0.4, 0.5) is 0 Å². The van der Waals surface area contributed by atoms with Gasteiger partial charge in [-0.25, -0.2) is 9.13 Å². The fourth-order valence-corrected chi connectivity index (χ4v) is 14.7. The van der Waals surface area contributed by atoms with Gasteiger partial charge in [0.25, 0.3) is 0 Å². The van der Waals surface area contributed by atoms with Crippen molar-refractivity contribution in [2.45, 2.75) is 424 Å². The maximum atomic E-state index is 13.1. The second-order valence-electron chi connectivity index (χ2n) is 32.1. The number of hydrogen-bond donors (Lipinski definition) is 4. The molecular weight excluding hydrogens is 1560 g/mol. The minimum Gasteiger partial charge on any atom is -0.463 e. The fraction of sp³-hybridized carbons (Fsp3) is 0.699. The normalized spacial score (nSPS) is 14.5. The van der Waals surface area contributed by atoms with Gasteiger partial charge in [0.1, 0.15) is 25.4 Å². The van der Waals surface area contributed by atoms with Crippen LogP contribution in [-0.2, 0) is 55.8 Å². The van der Waals surface area contributed by atoms with Gasteiger partial charge < -0.3 is 34.2 Å². The molecule has 0 aromatic rings. The van der Waals surface area contributed by atoms with E-state index in [1.165, 1.54) is 186 Å². The number of esters is 3. The molecule has 0 aromatic carbocycles. The third-order valence-corrected chi connectivity index (χ3v) is 22.3. The Kier molecular flexibility index (Phi) is 90.1. The largest absolute Gasteiger partial charge is 0.472 e. The molecule has 0 rings (SSSR count). The summed E-state index contributed by atoms with van der Waals surface area (Å²) in [4.78, 5) is 59.1.